The summed E-state index contributed by atoms with van der Waals surface area (Å²) >= 11 is 0. The van der Waals surface area contributed by atoms with E-state index in [2.05, 4.69) is 5.32 Å². The highest BCUT2D eigenvalue weighted by Gasteiger charge is 2.19. The standard InChI is InChI=1S/C14H20FN/c1-11-2-4-13(5-3-11)14(15)10-12-6-8-16-9-7-12/h2-5,12,14,16H,6-10H2,1H3. The van der Waals surface area contributed by atoms with Crippen LogP contribution in [0.1, 0.15) is 36.6 Å². The predicted molar refractivity (Wildman–Crippen MR) is 65.2 cm³/mol. The maximum Gasteiger partial charge on any atom is 0.125 e. The molecule has 88 valence electrons. The Hall–Kier alpha value is -0.890. The molecule has 1 N–H and O–H groups in total. The van der Waals surface area contributed by atoms with Gasteiger partial charge in [-0.25, -0.2) is 4.39 Å². The molecule has 1 atom stereocenters. The van der Waals surface area contributed by atoms with Crippen molar-refractivity contribution in [3.8, 4) is 0 Å². The zero-order valence-corrected chi connectivity index (χ0v) is 9.88. The molecular weight excluding hydrogens is 201 g/mol. The second-order valence-corrected chi connectivity index (χ2v) is 4.81. The molecule has 0 saturated carbocycles. The zero-order valence-electron chi connectivity index (χ0n) is 9.88. The van der Waals surface area contributed by atoms with Gasteiger partial charge in [0.2, 0.25) is 0 Å². The third kappa shape index (κ3) is 3.05. The van der Waals surface area contributed by atoms with Crippen molar-refractivity contribution in [2.45, 2.75) is 32.4 Å². The Balaban J connectivity index is 1.91. The van der Waals surface area contributed by atoms with Crippen LogP contribution in [0.25, 0.3) is 0 Å². The number of hydrogen-bond acceptors (Lipinski definition) is 1. The van der Waals surface area contributed by atoms with Crippen molar-refractivity contribution in [3.63, 3.8) is 0 Å². The van der Waals surface area contributed by atoms with E-state index in [0.29, 0.717) is 12.3 Å². The third-order valence-electron chi connectivity index (χ3n) is 3.44. The Morgan fingerprint density at radius 2 is 1.88 bits per heavy atom. The van der Waals surface area contributed by atoms with Crippen LogP contribution < -0.4 is 5.32 Å². The molecular formula is C14H20FN. The molecule has 2 heteroatoms. The van der Waals surface area contributed by atoms with E-state index >= 15 is 0 Å². The zero-order chi connectivity index (χ0) is 11.4. The summed E-state index contributed by atoms with van der Waals surface area (Å²) in [6.45, 7) is 4.13. The Kier molecular flexibility index (Phi) is 3.94. The number of nitrogens with one attached hydrogen (secondary N) is 1. The van der Waals surface area contributed by atoms with Crippen molar-refractivity contribution >= 4 is 0 Å². The van der Waals surface area contributed by atoms with Crippen LogP contribution in [-0.4, -0.2) is 13.1 Å². The SMILES string of the molecule is Cc1ccc(C(F)CC2CCNCC2)cc1. The van der Waals surface area contributed by atoms with Crippen molar-refractivity contribution in [2.24, 2.45) is 5.92 Å². The average Bonchev–Trinajstić information content (AvgIpc) is 2.31. The molecule has 1 aliphatic heterocycles. The molecule has 0 aliphatic carbocycles. The molecule has 2 rings (SSSR count). The number of benzene rings is 1. The molecule has 1 nitrogen and oxygen atoms in total. The highest BCUT2D eigenvalue weighted by Crippen LogP contribution is 2.29. The molecule has 1 saturated heterocycles. The van der Waals surface area contributed by atoms with Gasteiger partial charge in [0.05, 0.1) is 0 Å². The van der Waals surface area contributed by atoms with Gasteiger partial charge in [0.15, 0.2) is 0 Å². The van der Waals surface area contributed by atoms with E-state index in [4.69, 9.17) is 0 Å². The van der Waals surface area contributed by atoms with Gasteiger partial charge in [0, 0.05) is 0 Å². The summed E-state index contributed by atoms with van der Waals surface area (Å²) in [5.74, 6) is 0.553. The number of halogens is 1. The minimum absolute atomic E-state index is 0.553. The summed E-state index contributed by atoms with van der Waals surface area (Å²) in [5, 5.41) is 3.31. The molecule has 1 fully saturated rings. The second kappa shape index (κ2) is 5.44. The summed E-state index contributed by atoms with van der Waals surface area (Å²) in [4.78, 5) is 0. The minimum atomic E-state index is -0.788. The Bertz CT molecular complexity index is 314. The van der Waals surface area contributed by atoms with Gasteiger partial charge in [0.1, 0.15) is 6.17 Å². The number of piperidine rings is 1. The van der Waals surface area contributed by atoms with Gasteiger partial charge in [-0.3, -0.25) is 0 Å². The van der Waals surface area contributed by atoms with Gasteiger partial charge >= 0.3 is 0 Å². The minimum Gasteiger partial charge on any atom is -0.317 e. The maximum atomic E-state index is 14.0. The lowest BCUT2D eigenvalue weighted by Crippen LogP contribution is -2.28. The fraction of sp³-hybridized carbons (Fsp3) is 0.571. The van der Waals surface area contributed by atoms with Crippen molar-refractivity contribution in [3.05, 3.63) is 35.4 Å². The monoisotopic (exact) mass is 221 g/mol. The van der Waals surface area contributed by atoms with Crippen LogP contribution in [-0.2, 0) is 0 Å². The molecule has 1 aliphatic rings. The highest BCUT2D eigenvalue weighted by atomic mass is 19.1. The van der Waals surface area contributed by atoms with Gasteiger partial charge in [-0.05, 0) is 50.8 Å². The lowest BCUT2D eigenvalue weighted by atomic mass is 9.90. The molecule has 16 heavy (non-hydrogen) atoms. The molecule has 0 spiro atoms. The van der Waals surface area contributed by atoms with Crippen LogP contribution in [0.3, 0.4) is 0 Å². The van der Waals surface area contributed by atoms with Crippen molar-refractivity contribution in [1.29, 1.82) is 0 Å². The van der Waals surface area contributed by atoms with Crippen molar-refractivity contribution < 1.29 is 4.39 Å². The van der Waals surface area contributed by atoms with Gasteiger partial charge in [0.25, 0.3) is 0 Å². The predicted octanol–water partition coefficient (Wildman–Crippen LogP) is 3.40. The molecule has 0 bridgehead atoms. The first-order chi connectivity index (χ1) is 7.75. The first kappa shape index (κ1) is 11.6. The molecule has 1 aromatic carbocycles. The van der Waals surface area contributed by atoms with E-state index in [-0.39, 0.29) is 0 Å². The second-order valence-electron chi connectivity index (χ2n) is 4.81. The fourth-order valence-electron chi connectivity index (χ4n) is 2.32. The molecule has 1 heterocycles. The third-order valence-corrected chi connectivity index (χ3v) is 3.44. The number of rotatable bonds is 3. The number of hydrogen-bond donors (Lipinski definition) is 1. The van der Waals surface area contributed by atoms with Crippen LogP contribution in [0, 0.1) is 12.8 Å². The van der Waals surface area contributed by atoms with Crippen LogP contribution in [0.4, 0.5) is 4.39 Å². The van der Waals surface area contributed by atoms with E-state index in [1.165, 1.54) is 5.56 Å². The lowest BCUT2D eigenvalue weighted by Gasteiger charge is -2.24. The highest BCUT2D eigenvalue weighted by molar-refractivity contribution is 5.23. The van der Waals surface area contributed by atoms with Gasteiger partial charge in [-0.15, -0.1) is 0 Å². The van der Waals surface area contributed by atoms with Crippen LogP contribution in [0.15, 0.2) is 24.3 Å². The van der Waals surface area contributed by atoms with Gasteiger partial charge in [-0.1, -0.05) is 29.8 Å². The Morgan fingerprint density at radius 1 is 1.25 bits per heavy atom. The molecule has 0 amide bonds. The topological polar surface area (TPSA) is 12.0 Å². The molecule has 0 radical (unpaired) electrons. The van der Waals surface area contributed by atoms with Gasteiger partial charge < -0.3 is 5.32 Å². The molecule has 0 aromatic heterocycles. The van der Waals surface area contributed by atoms with E-state index in [9.17, 15) is 4.39 Å². The van der Waals surface area contributed by atoms with E-state index in [0.717, 1.165) is 31.5 Å². The Labute approximate surface area is 97.1 Å². The number of alkyl halides is 1. The number of aryl methyl sites for hydroxylation is 1. The summed E-state index contributed by atoms with van der Waals surface area (Å²) < 4.78 is 14.0. The quantitative estimate of drug-likeness (QED) is 0.825. The molecule has 1 aromatic rings. The fourth-order valence-corrected chi connectivity index (χ4v) is 2.32. The normalized spacial score (nSPS) is 19.6. The average molecular weight is 221 g/mol. The van der Waals surface area contributed by atoms with Gasteiger partial charge in [-0.2, -0.15) is 0 Å². The first-order valence-corrected chi connectivity index (χ1v) is 6.17. The Morgan fingerprint density at radius 3 is 2.50 bits per heavy atom. The van der Waals surface area contributed by atoms with E-state index in [1.807, 2.05) is 31.2 Å². The lowest BCUT2D eigenvalue weighted by molar-refractivity contribution is 0.240. The summed E-state index contributed by atoms with van der Waals surface area (Å²) in [6.07, 6.45) is 2.13. The molecule has 1 unspecified atom stereocenters. The summed E-state index contributed by atoms with van der Waals surface area (Å²) in [7, 11) is 0. The smallest absolute Gasteiger partial charge is 0.125 e. The van der Waals surface area contributed by atoms with Crippen LogP contribution >= 0.6 is 0 Å². The summed E-state index contributed by atoms with van der Waals surface area (Å²) in [5.41, 5.74) is 2.03. The largest absolute Gasteiger partial charge is 0.317 e. The van der Waals surface area contributed by atoms with E-state index in [1.54, 1.807) is 0 Å². The van der Waals surface area contributed by atoms with Crippen molar-refractivity contribution in [2.75, 3.05) is 13.1 Å². The summed E-state index contributed by atoms with van der Waals surface area (Å²) in [6, 6.07) is 7.82. The van der Waals surface area contributed by atoms with E-state index < -0.39 is 6.17 Å². The maximum absolute atomic E-state index is 14.0. The first-order valence-electron chi connectivity index (χ1n) is 6.17. The van der Waals surface area contributed by atoms with Crippen molar-refractivity contribution in [1.82, 2.24) is 5.32 Å². The van der Waals surface area contributed by atoms with Crippen LogP contribution in [0.5, 0.6) is 0 Å². The van der Waals surface area contributed by atoms with Crippen LogP contribution in [0.2, 0.25) is 0 Å².